The van der Waals surface area contributed by atoms with E-state index in [1.54, 1.807) is 37.3 Å². The molecule has 0 heterocycles. The van der Waals surface area contributed by atoms with Gasteiger partial charge in [-0.3, -0.25) is 9.59 Å². The Labute approximate surface area is 153 Å². The molecule has 0 fully saturated rings. The Morgan fingerprint density at radius 1 is 0.923 bits per heavy atom. The van der Waals surface area contributed by atoms with Gasteiger partial charge in [0.2, 0.25) is 11.8 Å². The molecule has 0 radical (unpaired) electrons. The third kappa shape index (κ3) is 5.58. The number of carbonyl (C=O) groups excluding carboxylic acids is 2. The Kier molecular flexibility index (Phi) is 5.97. The van der Waals surface area contributed by atoms with Gasteiger partial charge in [-0.05, 0) is 49.4 Å². The van der Waals surface area contributed by atoms with E-state index in [1.807, 2.05) is 20.8 Å². The van der Waals surface area contributed by atoms with Crippen LogP contribution in [0.5, 0.6) is 0 Å². The second-order valence-electron chi connectivity index (χ2n) is 7.15. The van der Waals surface area contributed by atoms with Gasteiger partial charge in [0, 0.05) is 22.5 Å². The molecule has 1 atom stereocenters. The maximum atomic E-state index is 13.2. The summed E-state index contributed by atoms with van der Waals surface area (Å²) in [6.07, 6.45) is 0. The molecule has 1 unspecified atom stereocenters. The lowest BCUT2D eigenvalue weighted by Gasteiger charge is -2.18. The van der Waals surface area contributed by atoms with E-state index in [1.165, 1.54) is 18.2 Å². The van der Waals surface area contributed by atoms with E-state index in [4.69, 9.17) is 0 Å². The van der Waals surface area contributed by atoms with E-state index in [-0.39, 0.29) is 11.8 Å². The minimum Gasteiger partial charge on any atom is -0.374 e. The summed E-state index contributed by atoms with van der Waals surface area (Å²) in [6, 6.07) is 12.3. The molecule has 0 spiro atoms. The average Bonchev–Trinajstić information content (AvgIpc) is 2.55. The smallest absolute Gasteiger partial charge is 0.246 e. The van der Waals surface area contributed by atoms with E-state index in [2.05, 4.69) is 16.0 Å². The standard InChI is InChI=1S/C20H24FN3O2/c1-13(18(25)23-17-7-5-6-14(21)12-17)22-15-8-10-16(11-9-15)24-19(26)20(2,3)4/h5-13,22H,1-4H3,(H,23,25)(H,24,26). The molecule has 5 nitrogen and oxygen atoms in total. The molecule has 0 bridgehead atoms. The summed E-state index contributed by atoms with van der Waals surface area (Å²) >= 11 is 0. The van der Waals surface area contributed by atoms with E-state index in [0.717, 1.165) is 5.69 Å². The van der Waals surface area contributed by atoms with Crippen LogP contribution in [-0.4, -0.2) is 17.9 Å². The lowest BCUT2D eigenvalue weighted by atomic mass is 9.95. The average molecular weight is 357 g/mol. The topological polar surface area (TPSA) is 70.2 Å². The second kappa shape index (κ2) is 7.99. The van der Waals surface area contributed by atoms with Crippen molar-refractivity contribution in [1.29, 1.82) is 0 Å². The quantitative estimate of drug-likeness (QED) is 0.749. The molecule has 0 aromatic heterocycles. The predicted octanol–water partition coefficient (Wildman–Crippen LogP) is 4.25. The SMILES string of the molecule is CC(Nc1ccc(NC(=O)C(C)(C)C)cc1)C(=O)Nc1cccc(F)c1. The van der Waals surface area contributed by atoms with Crippen LogP contribution in [0.1, 0.15) is 27.7 Å². The lowest BCUT2D eigenvalue weighted by Crippen LogP contribution is -2.31. The van der Waals surface area contributed by atoms with Gasteiger partial charge in [-0.15, -0.1) is 0 Å². The Morgan fingerprint density at radius 2 is 1.54 bits per heavy atom. The van der Waals surface area contributed by atoms with Gasteiger partial charge in [-0.2, -0.15) is 0 Å². The summed E-state index contributed by atoms with van der Waals surface area (Å²) in [4.78, 5) is 24.2. The first-order valence-electron chi connectivity index (χ1n) is 8.39. The predicted molar refractivity (Wildman–Crippen MR) is 103 cm³/mol. The number of anilines is 3. The Hall–Kier alpha value is -2.89. The van der Waals surface area contributed by atoms with E-state index >= 15 is 0 Å². The van der Waals surface area contributed by atoms with Crippen LogP contribution in [0, 0.1) is 11.2 Å². The van der Waals surface area contributed by atoms with Crippen molar-refractivity contribution in [3.63, 3.8) is 0 Å². The van der Waals surface area contributed by atoms with E-state index in [9.17, 15) is 14.0 Å². The third-order valence-electron chi connectivity index (χ3n) is 3.69. The van der Waals surface area contributed by atoms with Gasteiger partial charge in [0.05, 0.1) is 0 Å². The zero-order chi connectivity index (χ0) is 19.3. The Morgan fingerprint density at radius 3 is 2.12 bits per heavy atom. The highest BCUT2D eigenvalue weighted by Crippen LogP contribution is 2.19. The van der Waals surface area contributed by atoms with Gasteiger partial charge in [0.25, 0.3) is 0 Å². The van der Waals surface area contributed by atoms with Crippen LogP contribution in [-0.2, 0) is 9.59 Å². The number of amides is 2. The Bertz CT molecular complexity index is 782. The fraction of sp³-hybridized carbons (Fsp3) is 0.300. The first kappa shape index (κ1) is 19.4. The highest BCUT2D eigenvalue weighted by atomic mass is 19.1. The monoisotopic (exact) mass is 357 g/mol. The van der Waals surface area contributed by atoms with Crippen molar-refractivity contribution in [2.75, 3.05) is 16.0 Å². The first-order chi connectivity index (χ1) is 12.1. The number of halogens is 1. The van der Waals surface area contributed by atoms with Crippen molar-refractivity contribution in [3.05, 3.63) is 54.3 Å². The number of benzene rings is 2. The summed E-state index contributed by atoms with van der Waals surface area (Å²) in [5, 5.41) is 8.57. The van der Waals surface area contributed by atoms with Crippen LogP contribution >= 0.6 is 0 Å². The highest BCUT2D eigenvalue weighted by molar-refractivity contribution is 5.96. The molecule has 6 heteroatoms. The lowest BCUT2D eigenvalue weighted by molar-refractivity contribution is -0.123. The fourth-order valence-corrected chi connectivity index (χ4v) is 2.10. The van der Waals surface area contributed by atoms with Crippen molar-refractivity contribution >= 4 is 28.9 Å². The zero-order valence-corrected chi connectivity index (χ0v) is 15.4. The molecule has 0 saturated carbocycles. The number of carbonyl (C=O) groups is 2. The molecule has 3 N–H and O–H groups in total. The number of nitrogens with one attached hydrogen (secondary N) is 3. The second-order valence-corrected chi connectivity index (χ2v) is 7.15. The molecular weight excluding hydrogens is 333 g/mol. The molecule has 138 valence electrons. The number of rotatable bonds is 5. The zero-order valence-electron chi connectivity index (χ0n) is 15.4. The van der Waals surface area contributed by atoms with Gasteiger partial charge in [-0.1, -0.05) is 26.8 Å². The van der Waals surface area contributed by atoms with Crippen molar-refractivity contribution in [3.8, 4) is 0 Å². The largest absolute Gasteiger partial charge is 0.374 e. The highest BCUT2D eigenvalue weighted by Gasteiger charge is 2.21. The summed E-state index contributed by atoms with van der Waals surface area (Å²) < 4.78 is 13.2. The Balaban J connectivity index is 1.93. The summed E-state index contributed by atoms with van der Waals surface area (Å²) in [6.45, 7) is 7.25. The van der Waals surface area contributed by atoms with E-state index < -0.39 is 17.3 Å². The van der Waals surface area contributed by atoms with Crippen LogP contribution < -0.4 is 16.0 Å². The van der Waals surface area contributed by atoms with Gasteiger partial charge >= 0.3 is 0 Å². The van der Waals surface area contributed by atoms with Crippen LogP contribution in [0.25, 0.3) is 0 Å². The van der Waals surface area contributed by atoms with Gasteiger partial charge in [0.15, 0.2) is 0 Å². The molecule has 2 aromatic rings. The van der Waals surface area contributed by atoms with Gasteiger partial charge < -0.3 is 16.0 Å². The molecule has 0 aliphatic rings. The van der Waals surface area contributed by atoms with E-state index in [0.29, 0.717) is 11.4 Å². The fourth-order valence-electron chi connectivity index (χ4n) is 2.10. The van der Waals surface area contributed by atoms with Crippen molar-refractivity contribution < 1.29 is 14.0 Å². The minimum absolute atomic E-state index is 0.0685. The summed E-state index contributed by atoms with van der Waals surface area (Å²) in [7, 11) is 0. The van der Waals surface area contributed by atoms with Crippen LogP contribution in [0.4, 0.5) is 21.5 Å². The molecule has 0 aliphatic heterocycles. The van der Waals surface area contributed by atoms with Crippen molar-refractivity contribution in [2.45, 2.75) is 33.7 Å². The molecule has 2 rings (SSSR count). The third-order valence-corrected chi connectivity index (χ3v) is 3.69. The maximum Gasteiger partial charge on any atom is 0.246 e. The number of hydrogen-bond acceptors (Lipinski definition) is 3. The van der Waals surface area contributed by atoms with Crippen molar-refractivity contribution in [2.24, 2.45) is 5.41 Å². The molecule has 0 aliphatic carbocycles. The van der Waals surface area contributed by atoms with Gasteiger partial charge in [-0.25, -0.2) is 4.39 Å². The van der Waals surface area contributed by atoms with Crippen LogP contribution in [0.2, 0.25) is 0 Å². The van der Waals surface area contributed by atoms with Crippen LogP contribution in [0.3, 0.4) is 0 Å². The molecular formula is C20H24FN3O2. The summed E-state index contributed by atoms with van der Waals surface area (Å²) in [5.41, 5.74) is 1.36. The molecule has 0 saturated heterocycles. The molecule has 2 aromatic carbocycles. The van der Waals surface area contributed by atoms with Gasteiger partial charge in [0.1, 0.15) is 11.9 Å². The minimum atomic E-state index is -0.520. The van der Waals surface area contributed by atoms with Crippen LogP contribution in [0.15, 0.2) is 48.5 Å². The summed E-state index contributed by atoms with van der Waals surface area (Å²) in [5.74, 6) is -0.752. The first-order valence-corrected chi connectivity index (χ1v) is 8.39. The number of hydrogen-bond donors (Lipinski definition) is 3. The van der Waals surface area contributed by atoms with Crippen molar-refractivity contribution in [1.82, 2.24) is 0 Å². The molecule has 26 heavy (non-hydrogen) atoms. The molecule has 2 amide bonds. The normalized spacial score (nSPS) is 12.2. The maximum absolute atomic E-state index is 13.2.